The molecule has 0 rings (SSSR count). The smallest absolute Gasteiger partial charge is 0.0471 e. The Bertz CT molecular complexity index is 91.6. The topological polar surface area (TPSA) is 21.3 Å². The normalized spacial score (nSPS) is 12.0. The van der Waals surface area contributed by atoms with Gasteiger partial charge in [-0.05, 0) is 25.8 Å². The fourth-order valence-corrected chi connectivity index (χ4v) is 1.06. The van der Waals surface area contributed by atoms with Gasteiger partial charge in [0.15, 0.2) is 0 Å². The van der Waals surface area contributed by atoms with Crippen LogP contribution in [0.4, 0.5) is 0 Å². The molecule has 0 unspecified atom stereocenters. The third-order valence-corrected chi connectivity index (χ3v) is 1.78. The summed E-state index contributed by atoms with van der Waals surface area (Å²) in [5.41, 5.74) is 0.365. The second kappa shape index (κ2) is 5.56. The fraction of sp³-hybridized carbons (Fsp3) is 1.00. The highest BCUT2D eigenvalue weighted by molar-refractivity contribution is 4.69. The van der Waals surface area contributed by atoms with Crippen molar-refractivity contribution >= 4 is 0 Å². The number of rotatable bonds is 6. The first-order chi connectivity index (χ1) is 5.12. The van der Waals surface area contributed by atoms with Crippen LogP contribution < -0.4 is 5.32 Å². The highest BCUT2D eigenvalue weighted by Crippen LogP contribution is 2.18. The van der Waals surface area contributed by atoms with Crippen LogP contribution in [0.15, 0.2) is 0 Å². The average Bonchev–Trinajstić information content (AvgIpc) is 1.87. The molecule has 0 saturated heterocycles. The van der Waals surface area contributed by atoms with E-state index >= 15 is 0 Å². The lowest BCUT2D eigenvalue weighted by atomic mass is 9.90. The van der Waals surface area contributed by atoms with E-state index in [1.165, 1.54) is 0 Å². The zero-order valence-electron chi connectivity index (χ0n) is 8.24. The summed E-state index contributed by atoms with van der Waals surface area (Å²) in [5, 5.41) is 3.18. The van der Waals surface area contributed by atoms with E-state index in [0.717, 1.165) is 26.2 Å². The Balaban J connectivity index is 3.38. The molecule has 0 aliphatic rings. The average molecular weight is 159 g/mol. The number of ether oxygens (including phenoxy) is 1. The van der Waals surface area contributed by atoms with Gasteiger partial charge in [0, 0.05) is 19.8 Å². The van der Waals surface area contributed by atoms with Crippen molar-refractivity contribution in [1.29, 1.82) is 0 Å². The minimum absolute atomic E-state index is 0.365. The van der Waals surface area contributed by atoms with E-state index in [0.29, 0.717) is 5.41 Å². The zero-order chi connectivity index (χ0) is 8.74. The summed E-state index contributed by atoms with van der Waals surface area (Å²) in [7, 11) is 1.99. The fourth-order valence-electron chi connectivity index (χ4n) is 1.06. The van der Waals surface area contributed by atoms with Gasteiger partial charge in [-0.2, -0.15) is 0 Å². The van der Waals surface area contributed by atoms with Crippen LogP contribution in [-0.2, 0) is 4.74 Å². The van der Waals surface area contributed by atoms with Crippen molar-refractivity contribution in [3.05, 3.63) is 0 Å². The minimum atomic E-state index is 0.365. The van der Waals surface area contributed by atoms with E-state index in [1.807, 2.05) is 14.0 Å². The van der Waals surface area contributed by atoms with Crippen molar-refractivity contribution in [1.82, 2.24) is 5.32 Å². The van der Waals surface area contributed by atoms with Crippen molar-refractivity contribution in [3.8, 4) is 0 Å². The first-order valence-corrected chi connectivity index (χ1v) is 4.35. The van der Waals surface area contributed by atoms with Gasteiger partial charge in [0.2, 0.25) is 0 Å². The molecule has 0 radical (unpaired) electrons. The third-order valence-electron chi connectivity index (χ3n) is 1.78. The summed E-state index contributed by atoms with van der Waals surface area (Å²) in [4.78, 5) is 0. The molecule has 2 heteroatoms. The first kappa shape index (κ1) is 10.9. The molecular weight excluding hydrogens is 138 g/mol. The van der Waals surface area contributed by atoms with Crippen LogP contribution in [0, 0.1) is 5.41 Å². The molecule has 0 saturated carbocycles. The highest BCUT2D eigenvalue weighted by atomic mass is 16.5. The lowest BCUT2D eigenvalue weighted by Gasteiger charge is -2.23. The van der Waals surface area contributed by atoms with E-state index in [9.17, 15) is 0 Å². The van der Waals surface area contributed by atoms with Gasteiger partial charge in [-0.15, -0.1) is 0 Å². The van der Waals surface area contributed by atoms with E-state index in [1.54, 1.807) is 0 Å². The Hall–Kier alpha value is -0.0800. The molecule has 0 atom stereocenters. The van der Waals surface area contributed by atoms with Gasteiger partial charge >= 0.3 is 0 Å². The Morgan fingerprint density at radius 3 is 2.45 bits per heavy atom. The molecule has 2 nitrogen and oxygen atoms in total. The summed E-state index contributed by atoms with van der Waals surface area (Å²) < 4.78 is 5.29. The maximum Gasteiger partial charge on any atom is 0.0471 e. The zero-order valence-corrected chi connectivity index (χ0v) is 8.24. The molecule has 0 spiro atoms. The van der Waals surface area contributed by atoms with E-state index in [2.05, 4.69) is 19.2 Å². The van der Waals surface area contributed by atoms with E-state index in [-0.39, 0.29) is 0 Å². The summed E-state index contributed by atoms with van der Waals surface area (Å²) in [6, 6.07) is 0. The van der Waals surface area contributed by atoms with Gasteiger partial charge in [-0.25, -0.2) is 0 Å². The molecule has 0 aromatic rings. The monoisotopic (exact) mass is 159 g/mol. The molecule has 0 aliphatic carbocycles. The van der Waals surface area contributed by atoms with E-state index in [4.69, 9.17) is 4.74 Å². The number of nitrogens with one attached hydrogen (secondary N) is 1. The number of hydrogen-bond acceptors (Lipinski definition) is 2. The second-order valence-corrected chi connectivity index (χ2v) is 3.64. The maximum atomic E-state index is 5.29. The molecule has 0 aromatic heterocycles. The predicted octanol–water partition coefficient (Wildman–Crippen LogP) is 1.66. The molecule has 0 amide bonds. The van der Waals surface area contributed by atoms with Crippen LogP contribution in [0.25, 0.3) is 0 Å². The Morgan fingerprint density at radius 2 is 2.00 bits per heavy atom. The summed E-state index contributed by atoms with van der Waals surface area (Å²) >= 11 is 0. The quantitative estimate of drug-likeness (QED) is 0.595. The van der Waals surface area contributed by atoms with Gasteiger partial charge in [-0.3, -0.25) is 0 Å². The van der Waals surface area contributed by atoms with Crippen LogP contribution in [0.3, 0.4) is 0 Å². The van der Waals surface area contributed by atoms with Gasteiger partial charge in [0.05, 0.1) is 0 Å². The van der Waals surface area contributed by atoms with Gasteiger partial charge < -0.3 is 10.1 Å². The largest absolute Gasteiger partial charge is 0.382 e. The van der Waals surface area contributed by atoms with E-state index < -0.39 is 0 Å². The molecular formula is C9H21NO. The van der Waals surface area contributed by atoms with Gasteiger partial charge in [0.1, 0.15) is 0 Å². The van der Waals surface area contributed by atoms with Crippen LogP contribution in [-0.4, -0.2) is 26.8 Å². The molecule has 1 N–H and O–H groups in total. The van der Waals surface area contributed by atoms with Gasteiger partial charge in [0.25, 0.3) is 0 Å². The highest BCUT2D eigenvalue weighted by Gasteiger charge is 2.15. The van der Waals surface area contributed by atoms with Crippen LogP contribution in [0.5, 0.6) is 0 Å². The summed E-state index contributed by atoms with van der Waals surface area (Å²) in [6.07, 6.45) is 1.13. The third kappa shape index (κ3) is 6.32. The van der Waals surface area contributed by atoms with Crippen molar-refractivity contribution in [2.45, 2.75) is 27.2 Å². The molecule has 0 fully saturated rings. The first-order valence-electron chi connectivity index (χ1n) is 4.35. The van der Waals surface area contributed by atoms with Gasteiger partial charge in [-0.1, -0.05) is 13.8 Å². The minimum Gasteiger partial charge on any atom is -0.382 e. The number of hydrogen-bond donors (Lipinski definition) is 1. The maximum absolute atomic E-state index is 5.29. The lowest BCUT2D eigenvalue weighted by molar-refractivity contribution is 0.114. The van der Waals surface area contributed by atoms with Crippen LogP contribution >= 0.6 is 0 Å². The molecule has 0 bridgehead atoms. The van der Waals surface area contributed by atoms with Crippen molar-refractivity contribution in [3.63, 3.8) is 0 Å². The lowest BCUT2D eigenvalue weighted by Crippen LogP contribution is -2.27. The molecule has 68 valence electrons. The summed E-state index contributed by atoms with van der Waals surface area (Å²) in [5.74, 6) is 0. The Kier molecular flexibility index (Phi) is 5.51. The Labute approximate surface area is 70.3 Å². The molecule has 0 heterocycles. The van der Waals surface area contributed by atoms with Crippen molar-refractivity contribution in [2.24, 2.45) is 5.41 Å². The van der Waals surface area contributed by atoms with Crippen LogP contribution in [0.2, 0.25) is 0 Å². The Morgan fingerprint density at radius 1 is 1.36 bits per heavy atom. The molecule has 0 aromatic carbocycles. The standard InChI is InChI=1S/C9H21NO/c1-5-11-7-6-9(2,3)8-10-4/h10H,5-8H2,1-4H3. The predicted molar refractivity (Wildman–Crippen MR) is 48.8 cm³/mol. The molecule has 0 aliphatic heterocycles. The summed E-state index contributed by atoms with van der Waals surface area (Å²) in [6.45, 7) is 9.30. The van der Waals surface area contributed by atoms with Crippen molar-refractivity contribution in [2.75, 3.05) is 26.8 Å². The molecule has 11 heavy (non-hydrogen) atoms. The van der Waals surface area contributed by atoms with Crippen molar-refractivity contribution < 1.29 is 4.74 Å². The SMILES string of the molecule is CCOCCC(C)(C)CNC. The van der Waals surface area contributed by atoms with Crippen LogP contribution in [0.1, 0.15) is 27.2 Å². The second-order valence-electron chi connectivity index (χ2n) is 3.64.